The van der Waals surface area contributed by atoms with E-state index in [9.17, 15) is 9.59 Å². The number of aliphatic carboxylic acids is 1. The molecule has 1 amide bonds. The topological polar surface area (TPSA) is 66.8 Å². The molecule has 1 N–H and O–H groups in total. The molecule has 1 saturated heterocycles. The molecule has 0 aliphatic carbocycles. The van der Waals surface area contributed by atoms with Gasteiger partial charge >= 0.3 is 5.97 Å². The van der Waals surface area contributed by atoms with Gasteiger partial charge in [0.2, 0.25) is 0 Å². The predicted octanol–water partition coefficient (Wildman–Crippen LogP) is 2.89. The van der Waals surface area contributed by atoms with E-state index in [1.807, 2.05) is 24.3 Å². The van der Waals surface area contributed by atoms with E-state index >= 15 is 0 Å². The number of benzene rings is 1. The fraction of sp³-hybridized carbons (Fsp3) is 0.529. The standard InChI is InChI=1S/C17H23NO4S/c1-11(2)23-15-6-4-12(5-7-15)17(21)18-10-14(22-3)8-13(18)9-16(19)20/h4-7,11,13-14H,8-10H2,1-3H3,(H,19,20). The van der Waals surface area contributed by atoms with Crippen LogP contribution in [0.5, 0.6) is 0 Å². The fourth-order valence-electron chi connectivity index (χ4n) is 2.80. The summed E-state index contributed by atoms with van der Waals surface area (Å²) >= 11 is 1.74. The highest BCUT2D eigenvalue weighted by atomic mass is 32.2. The smallest absolute Gasteiger partial charge is 0.305 e. The van der Waals surface area contributed by atoms with Crippen LogP contribution in [0, 0.1) is 0 Å². The lowest BCUT2D eigenvalue weighted by Gasteiger charge is -2.23. The van der Waals surface area contributed by atoms with Crippen LogP contribution in [0.3, 0.4) is 0 Å². The number of likely N-dealkylation sites (tertiary alicyclic amines) is 1. The first-order valence-electron chi connectivity index (χ1n) is 7.73. The summed E-state index contributed by atoms with van der Waals surface area (Å²) in [5.74, 6) is -1.02. The maximum Gasteiger partial charge on any atom is 0.305 e. The second-order valence-electron chi connectivity index (χ2n) is 5.99. The molecule has 0 bridgehead atoms. The van der Waals surface area contributed by atoms with Gasteiger partial charge in [0.05, 0.1) is 12.5 Å². The number of thioether (sulfide) groups is 1. The number of carboxylic acid groups (broad SMARTS) is 1. The maximum absolute atomic E-state index is 12.7. The van der Waals surface area contributed by atoms with Crippen molar-refractivity contribution in [2.24, 2.45) is 0 Å². The Morgan fingerprint density at radius 2 is 2.00 bits per heavy atom. The van der Waals surface area contributed by atoms with E-state index in [1.54, 1.807) is 23.8 Å². The Labute approximate surface area is 141 Å². The minimum Gasteiger partial charge on any atom is -0.481 e. The van der Waals surface area contributed by atoms with Gasteiger partial charge in [-0.05, 0) is 30.7 Å². The molecule has 2 atom stereocenters. The zero-order chi connectivity index (χ0) is 17.0. The zero-order valence-electron chi connectivity index (χ0n) is 13.7. The minimum atomic E-state index is -0.895. The first-order chi connectivity index (χ1) is 10.9. The summed E-state index contributed by atoms with van der Waals surface area (Å²) in [6.45, 7) is 4.68. The molecule has 2 unspecified atom stereocenters. The minimum absolute atomic E-state index is 0.0487. The second kappa shape index (κ2) is 7.84. The summed E-state index contributed by atoms with van der Waals surface area (Å²) in [4.78, 5) is 26.5. The van der Waals surface area contributed by atoms with E-state index in [0.717, 1.165) is 4.90 Å². The summed E-state index contributed by atoms with van der Waals surface area (Å²) in [6.07, 6.45) is 0.418. The van der Waals surface area contributed by atoms with Gasteiger partial charge in [0.25, 0.3) is 5.91 Å². The molecule has 0 saturated carbocycles. The fourth-order valence-corrected chi connectivity index (χ4v) is 3.64. The molecule has 1 fully saturated rings. The molecule has 1 aromatic carbocycles. The van der Waals surface area contributed by atoms with Crippen LogP contribution in [0.25, 0.3) is 0 Å². The average Bonchev–Trinajstić information content (AvgIpc) is 2.89. The van der Waals surface area contributed by atoms with Crippen LogP contribution in [0.2, 0.25) is 0 Å². The molecular formula is C17H23NO4S. The number of hydrogen-bond acceptors (Lipinski definition) is 4. The molecular weight excluding hydrogens is 314 g/mol. The van der Waals surface area contributed by atoms with Gasteiger partial charge in [-0.3, -0.25) is 9.59 Å². The highest BCUT2D eigenvalue weighted by Crippen LogP contribution is 2.27. The summed E-state index contributed by atoms with van der Waals surface area (Å²) < 4.78 is 5.31. The van der Waals surface area contributed by atoms with Gasteiger partial charge in [0.1, 0.15) is 0 Å². The molecule has 1 aliphatic heterocycles. The van der Waals surface area contributed by atoms with E-state index in [1.165, 1.54) is 0 Å². The molecule has 126 valence electrons. The predicted molar refractivity (Wildman–Crippen MR) is 89.9 cm³/mol. The Morgan fingerprint density at radius 3 is 2.52 bits per heavy atom. The number of nitrogens with zero attached hydrogens (tertiary/aromatic N) is 1. The summed E-state index contributed by atoms with van der Waals surface area (Å²) in [7, 11) is 1.59. The number of carboxylic acids is 1. The Morgan fingerprint density at radius 1 is 1.35 bits per heavy atom. The third-order valence-electron chi connectivity index (χ3n) is 3.85. The normalized spacial score (nSPS) is 21.0. The summed E-state index contributed by atoms with van der Waals surface area (Å²) in [6, 6.07) is 7.19. The van der Waals surface area contributed by atoms with E-state index in [4.69, 9.17) is 9.84 Å². The molecule has 2 rings (SSSR count). The van der Waals surface area contributed by atoms with Crippen molar-refractivity contribution in [1.82, 2.24) is 4.90 Å². The molecule has 1 aromatic rings. The van der Waals surface area contributed by atoms with E-state index in [2.05, 4.69) is 13.8 Å². The van der Waals surface area contributed by atoms with Crippen LogP contribution in [0.4, 0.5) is 0 Å². The van der Waals surface area contributed by atoms with Crippen LogP contribution in [0.15, 0.2) is 29.2 Å². The van der Waals surface area contributed by atoms with Crippen molar-refractivity contribution < 1.29 is 19.4 Å². The monoisotopic (exact) mass is 337 g/mol. The lowest BCUT2D eigenvalue weighted by molar-refractivity contribution is -0.137. The maximum atomic E-state index is 12.7. The van der Waals surface area contributed by atoms with Gasteiger partial charge in [-0.1, -0.05) is 13.8 Å². The molecule has 5 nitrogen and oxygen atoms in total. The Bertz CT molecular complexity index is 558. The Kier molecular flexibility index (Phi) is 6.07. The zero-order valence-corrected chi connectivity index (χ0v) is 14.5. The lowest BCUT2D eigenvalue weighted by Crippen LogP contribution is -2.37. The number of methoxy groups -OCH3 is 1. The number of rotatable bonds is 6. The molecule has 0 spiro atoms. The van der Waals surface area contributed by atoms with Gasteiger partial charge in [0, 0.05) is 35.4 Å². The third kappa shape index (κ3) is 4.72. The van der Waals surface area contributed by atoms with Gasteiger partial charge in [-0.2, -0.15) is 0 Å². The number of hydrogen-bond donors (Lipinski definition) is 1. The first-order valence-corrected chi connectivity index (χ1v) is 8.61. The lowest BCUT2D eigenvalue weighted by atomic mass is 10.1. The van der Waals surface area contributed by atoms with Gasteiger partial charge in [-0.15, -0.1) is 11.8 Å². The first kappa shape index (κ1) is 17.8. The molecule has 1 aliphatic rings. The second-order valence-corrected chi connectivity index (χ2v) is 7.64. The quantitative estimate of drug-likeness (QED) is 0.809. The van der Waals surface area contributed by atoms with Crippen LogP contribution >= 0.6 is 11.8 Å². The number of carbonyl (C=O) groups excluding carboxylic acids is 1. The molecule has 6 heteroatoms. The largest absolute Gasteiger partial charge is 0.481 e. The van der Waals surface area contributed by atoms with Crippen molar-refractivity contribution >= 4 is 23.6 Å². The third-order valence-corrected chi connectivity index (χ3v) is 4.87. The molecule has 23 heavy (non-hydrogen) atoms. The van der Waals surface area contributed by atoms with E-state index in [0.29, 0.717) is 23.8 Å². The molecule has 0 radical (unpaired) electrons. The van der Waals surface area contributed by atoms with Crippen LogP contribution in [0.1, 0.15) is 37.0 Å². The van der Waals surface area contributed by atoms with Crippen LogP contribution < -0.4 is 0 Å². The number of carbonyl (C=O) groups is 2. The van der Waals surface area contributed by atoms with Crippen molar-refractivity contribution in [3.63, 3.8) is 0 Å². The van der Waals surface area contributed by atoms with Gasteiger partial charge in [-0.25, -0.2) is 0 Å². The summed E-state index contributed by atoms with van der Waals surface area (Å²) in [5, 5.41) is 9.53. The van der Waals surface area contributed by atoms with Crippen molar-refractivity contribution in [2.45, 2.75) is 49.0 Å². The van der Waals surface area contributed by atoms with Gasteiger partial charge in [0.15, 0.2) is 0 Å². The van der Waals surface area contributed by atoms with Crippen LogP contribution in [-0.4, -0.2) is 52.9 Å². The van der Waals surface area contributed by atoms with Crippen LogP contribution in [-0.2, 0) is 9.53 Å². The highest BCUT2D eigenvalue weighted by Gasteiger charge is 2.36. The SMILES string of the molecule is COC1CC(CC(=O)O)N(C(=O)c2ccc(SC(C)C)cc2)C1. The Balaban J connectivity index is 2.12. The molecule has 0 aromatic heterocycles. The van der Waals surface area contributed by atoms with E-state index in [-0.39, 0.29) is 24.5 Å². The average molecular weight is 337 g/mol. The van der Waals surface area contributed by atoms with Crippen molar-refractivity contribution in [2.75, 3.05) is 13.7 Å². The number of amides is 1. The van der Waals surface area contributed by atoms with Gasteiger partial charge < -0.3 is 14.7 Å². The van der Waals surface area contributed by atoms with Crippen molar-refractivity contribution in [1.29, 1.82) is 0 Å². The summed E-state index contributed by atoms with van der Waals surface area (Å²) in [5.41, 5.74) is 0.588. The highest BCUT2D eigenvalue weighted by molar-refractivity contribution is 7.99. The van der Waals surface area contributed by atoms with Crippen molar-refractivity contribution in [3.8, 4) is 0 Å². The number of ether oxygens (including phenoxy) is 1. The Hall–Kier alpha value is -1.53. The van der Waals surface area contributed by atoms with Crippen molar-refractivity contribution in [3.05, 3.63) is 29.8 Å². The van der Waals surface area contributed by atoms with E-state index < -0.39 is 5.97 Å². The molecule has 1 heterocycles.